The largest absolute Gasteiger partial charge is 0.491 e. The third-order valence-electron chi connectivity index (χ3n) is 3.36. The molecule has 5 nitrogen and oxygen atoms in total. The van der Waals surface area contributed by atoms with Crippen molar-refractivity contribution < 1.29 is 28.3 Å². The first kappa shape index (κ1) is 14.6. The number of halogens is 1. The molecule has 0 fully saturated rings. The topological polar surface area (TPSA) is 65.0 Å². The zero-order chi connectivity index (χ0) is 15.7. The van der Waals surface area contributed by atoms with E-state index in [0.717, 1.165) is 11.6 Å². The zero-order valence-corrected chi connectivity index (χ0v) is 11.7. The monoisotopic (exact) mass is 302 g/mol. The van der Waals surface area contributed by atoms with Crippen molar-refractivity contribution in [2.24, 2.45) is 0 Å². The van der Waals surface area contributed by atoms with E-state index in [4.69, 9.17) is 9.39 Å². The summed E-state index contributed by atoms with van der Waals surface area (Å²) >= 11 is 0. The Morgan fingerprint density at radius 3 is 2.86 bits per heavy atom. The van der Waals surface area contributed by atoms with Crippen LogP contribution in [0, 0.1) is 5.82 Å². The van der Waals surface area contributed by atoms with Gasteiger partial charge in [0.15, 0.2) is 11.6 Å². The quantitative estimate of drug-likeness (QED) is 0.689. The Labute approximate surface area is 126 Å². The summed E-state index contributed by atoms with van der Waals surface area (Å²) in [7, 11) is 0.297. The average Bonchev–Trinajstić information content (AvgIpc) is 2.89. The lowest BCUT2D eigenvalue weighted by molar-refractivity contribution is 0.0600. The first-order valence-electron chi connectivity index (χ1n) is 6.56. The summed E-state index contributed by atoms with van der Waals surface area (Å²) in [6.45, 7) is 0.275. The van der Waals surface area contributed by atoms with E-state index in [9.17, 15) is 14.2 Å². The van der Waals surface area contributed by atoms with Crippen molar-refractivity contribution >= 4 is 18.6 Å². The highest BCUT2D eigenvalue weighted by molar-refractivity contribution is 6.61. The number of hydrogen-bond acceptors (Lipinski definition) is 5. The number of benzene rings is 2. The lowest BCUT2D eigenvalue weighted by Crippen LogP contribution is -2.27. The molecule has 0 radical (unpaired) electrons. The predicted octanol–water partition coefficient (Wildman–Crippen LogP) is 1.62. The van der Waals surface area contributed by atoms with E-state index in [1.165, 1.54) is 19.2 Å². The number of ether oxygens (including phenoxy) is 2. The second-order valence-electron chi connectivity index (χ2n) is 4.76. The maximum atomic E-state index is 14.0. The van der Waals surface area contributed by atoms with Gasteiger partial charge in [-0.3, -0.25) is 0 Å². The Morgan fingerprint density at radius 2 is 2.14 bits per heavy atom. The van der Waals surface area contributed by atoms with Gasteiger partial charge in [-0.1, -0.05) is 6.07 Å². The molecular formula is C15H12BFO5. The Balaban J connectivity index is 1.83. The van der Waals surface area contributed by atoms with E-state index < -0.39 is 18.9 Å². The summed E-state index contributed by atoms with van der Waals surface area (Å²) in [5.74, 6) is -0.873. The van der Waals surface area contributed by atoms with Crippen LogP contribution >= 0.6 is 0 Å². The highest BCUT2D eigenvalue weighted by Gasteiger charge is 2.27. The Bertz CT molecular complexity index is 734. The van der Waals surface area contributed by atoms with E-state index in [1.54, 1.807) is 18.2 Å². The molecular weight excluding hydrogens is 290 g/mol. The zero-order valence-electron chi connectivity index (χ0n) is 11.7. The second kappa shape index (κ2) is 5.78. The molecule has 0 aliphatic carbocycles. The molecule has 0 amide bonds. The maximum absolute atomic E-state index is 14.0. The van der Waals surface area contributed by atoms with Crippen molar-refractivity contribution in [1.82, 2.24) is 0 Å². The van der Waals surface area contributed by atoms with E-state index in [1.807, 2.05) is 0 Å². The molecule has 0 atom stereocenters. The minimum absolute atomic E-state index is 0.00735. The van der Waals surface area contributed by atoms with Gasteiger partial charge in [0, 0.05) is 0 Å². The average molecular weight is 302 g/mol. The van der Waals surface area contributed by atoms with Crippen molar-refractivity contribution in [3.63, 3.8) is 0 Å². The molecule has 1 aliphatic heterocycles. The molecule has 2 aromatic carbocycles. The summed E-state index contributed by atoms with van der Waals surface area (Å²) in [6, 6.07) is 8.80. The normalized spacial score (nSPS) is 13.0. The van der Waals surface area contributed by atoms with Gasteiger partial charge in [-0.15, -0.1) is 0 Å². The molecule has 0 saturated heterocycles. The van der Waals surface area contributed by atoms with Gasteiger partial charge in [0.2, 0.25) is 0 Å². The van der Waals surface area contributed by atoms with Crippen LogP contribution < -0.4 is 10.2 Å². The fourth-order valence-corrected chi connectivity index (χ4v) is 2.23. The lowest BCUT2D eigenvalue weighted by Gasteiger charge is -2.09. The number of hydrogen-bond donors (Lipinski definition) is 1. The maximum Gasteiger partial charge on any atom is 0.491 e. The lowest BCUT2D eigenvalue weighted by atomic mass is 9.80. The van der Waals surface area contributed by atoms with Gasteiger partial charge < -0.3 is 19.2 Å². The molecule has 0 saturated carbocycles. The third kappa shape index (κ3) is 2.68. The van der Waals surface area contributed by atoms with E-state index >= 15 is 0 Å². The van der Waals surface area contributed by atoms with Crippen LogP contribution in [0.4, 0.5) is 4.39 Å². The van der Waals surface area contributed by atoms with Gasteiger partial charge >= 0.3 is 13.1 Å². The minimum Gasteiger partial charge on any atom is -0.465 e. The van der Waals surface area contributed by atoms with E-state index in [0.29, 0.717) is 11.2 Å². The van der Waals surface area contributed by atoms with Crippen LogP contribution in [-0.4, -0.2) is 25.2 Å². The highest BCUT2D eigenvalue weighted by atomic mass is 19.1. The molecule has 2 aromatic rings. The van der Waals surface area contributed by atoms with E-state index in [-0.39, 0.29) is 17.9 Å². The van der Waals surface area contributed by atoms with Gasteiger partial charge in [-0.2, -0.15) is 0 Å². The number of esters is 1. The van der Waals surface area contributed by atoms with Crippen LogP contribution in [0.1, 0.15) is 15.9 Å². The SMILES string of the molecule is COC(=O)c1ccc(Oc2ccc3c(c2)COB3O)c(F)c1. The minimum atomic E-state index is -0.930. The van der Waals surface area contributed by atoms with E-state index in [2.05, 4.69) is 4.74 Å². The number of fused-ring (bicyclic) bond motifs is 1. The molecule has 3 rings (SSSR count). The van der Waals surface area contributed by atoms with Crippen molar-refractivity contribution in [2.75, 3.05) is 7.11 Å². The molecule has 0 bridgehead atoms. The number of carbonyl (C=O) groups is 1. The van der Waals surface area contributed by atoms with Crippen LogP contribution in [-0.2, 0) is 16.0 Å². The van der Waals surface area contributed by atoms with Crippen LogP contribution in [0.3, 0.4) is 0 Å². The summed E-state index contributed by atoms with van der Waals surface area (Å²) in [6.07, 6.45) is 0. The fourth-order valence-electron chi connectivity index (χ4n) is 2.23. The first-order valence-corrected chi connectivity index (χ1v) is 6.56. The van der Waals surface area contributed by atoms with Crippen LogP contribution in [0.15, 0.2) is 36.4 Å². The van der Waals surface area contributed by atoms with Gasteiger partial charge in [-0.25, -0.2) is 9.18 Å². The Kier molecular flexibility index (Phi) is 3.83. The smallest absolute Gasteiger partial charge is 0.465 e. The molecule has 112 valence electrons. The number of carbonyl (C=O) groups excluding carboxylic acids is 1. The Morgan fingerprint density at radius 1 is 1.32 bits per heavy atom. The van der Waals surface area contributed by atoms with Gasteiger partial charge in [0.1, 0.15) is 5.75 Å². The first-order chi connectivity index (χ1) is 10.6. The van der Waals surface area contributed by atoms with Gasteiger partial charge in [0.05, 0.1) is 19.3 Å². The van der Waals surface area contributed by atoms with Crippen molar-refractivity contribution in [3.8, 4) is 11.5 Å². The van der Waals surface area contributed by atoms with Crippen molar-refractivity contribution in [2.45, 2.75) is 6.61 Å². The third-order valence-corrected chi connectivity index (χ3v) is 3.36. The van der Waals surface area contributed by atoms with Crippen molar-refractivity contribution in [3.05, 3.63) is 53.3 Å². The molecule has 0 unspecified atom stereocenters. The molecule has 7 heteroatoms. The standard InChI is InChI=1S/C15H12BFO5/c1-20-15(18)9-2-5-14(13(17)7-9)22-11-3-4-12-10(6-11)8-21-16(12)19/h2-7,19H,8H2,1H3. The van der Waals surface area contributed by atoms with Crippen LogP contribution in [0.2, 0.25) is 0 Å². The number of methoxy groups -OCH3 is 1. The van der Waals surface area contributed by atoms with Crippen LogP contribution in [0.5, 0.6) is 11.5 Å². The molecule has 1 heterocycles. The van der Waals surface area contributed by atoms with Gasteiger partial charge in [0.25, 0.3) is 0 Å². The van der Waals surface area contributed by atoms with Gasteiger partial charge in [-0.05, 0) is 41.4 Å². The summed E-state index contributed by atoms with van der Waals surface area (Å²) < 4.78 is 29.1. The molecule has 1 N–H and O–H groups in total. The fraction of sp³-hybridized carbons (Fsp3) is 0.133. The summed E-state index contributed by atoms with van der Waals surface area (Å²) in [5.41, 5.74) is 1.57. The Hall–Kier alpha value is -2.38. The molecule has 22 heavy (non-hydrogen) atoms. The molecule has 0 spiro atoms. The van der Waals surface area contributed by atoms with Crippen molar-refractivity contribution in [1.29, 1.82) is 0 Å². The summed E-state index contributed by atoms with van der Waals surface area (Å²) in [5, 5.41) is 9.55. The predicted molar refractivity (Wildman–Crippen MR) is 76.7 cm³/mol. The second-order valence-corrected chi connectivity index (χ2v) is 4.76. The number of rotatable bonds is 3. The molecule has 1 aliphatic rings. The summed E-state index contributed by atoms with van der Waals surface area (Å²) in [4.78, 5) is 11.3. The van der Waals surface area contributed by atoms with Crippen LogP contribution in [0.25, 0.3) is 0 Å². The molecule has 0 aromatic heterocycles. The highest BCUT2D eigenvalue weighted by Crippen LogP contribution is 2.26.